The highest BCUT2D eigenvalue weighted by atomic mass is 79.9. The Morgan fingerprint density at radius 2 is 1.77 bits per heavy atom. The molecule has 0 radical (unpaired) electrons. The van der Waals surface area contributed by atoms with Gasteiger partial charge in [0.05, 0.1) is 0 Å². The van der Waals surface area contributed by atoms with Crippen molar-refractivity contribution in [1.29, 1.82) is 0 Å². The third kappa shape index (κ3) is 2.18. The van der Waals surface area contributed by atoms with Gasteiger partial charge in [-0.05, 0) is 28.1 Å². The minimum absolute atomic E-state index is 0.899. The first-order valence-electron chi connectivity index (χ1n) is 3.63. The molecule has 1 heterocycles. The molecule has 1 nitrogen and oxygen atoms in total. The van der Waals surface area contributed by atoms with Crippen LogP contribution in [0.2, 0.25) is 0 Å². The van der Waals surface area contributed by atoms with Gasteiger partial charge in [0.1, 0.15) is 9.61 Å². The molecule has 0 atom stereocenters. The minimum atomic E-state index is 0.899. The Labute approximate surface area is 97.1 Å². The van der Waals surface area contributed by atoms with Crippen molar-refractivity contribution >= 4 is 43.2 Å². The summed E-state index contributed by atoms with van der Waals surface area (Å²) in [6, 6.07) is 8.14. The summed E-state index contributed by atoms with van der Waals surface area (Å²) in [4.78, 5) is 4.33. The summed E-state index contributed by atoms with van der Waals surface area (Å²) in [5.41, 5.74) is 1.15. The molecule has 0 unspecified atom stereocenters. The predicted octanol–water partition coefficient (Wildman–Crippen LogP) is 4.34. The first-order chi connectivity index (χ1) is 6.25. The average molecular weight is 319 g/mol. The molecule has 13 heavy (non-hydrogen) atoms. The Hall–Kier alpha value is -0.190. The highest BCUT2D eigenvalue weighted by molar-refractivity contribution is 9.10. The van der Waals surface area contributed by atoms with Crippen molar-refractivity contribution in [2.75, 3.05) is 0 Å². The molecule has 0 aliphatic heterocycles. The van der Waals surface area contributed by atoms with E-state index in [-0.39, 0.29) is 0 Å². The van der Waals surface area contributed by atoms with Crippen molar-refractivity contribution in [3.05, 3.63) is 38.7 Å². The molecule has 0 N–H and O–H groups in total. The maximum absolute atomic E-state index is 4.33. The number of hydrogen-bond donors (Lipinski definition) is 0. The first-order valence-corrected chi connectivity index (χ1v) is 6.09. The fraction of sp³-hybridized carbons (Fsp3) is 0. The standard InChI is InChI=1S/C9H5Br2NS/c10-7-3-1-6(2-4-7)9-12-8(11)5-13-9/h1-5H. The smallest absolute Gasteiger partial charge is 0.124 e. The normalized spacial score (nSPS) is 10.3. The van der Waals surface area contributed by atoms with E-state index in [9.17, 15) is 0 Å². The summed E-state index contributed by atoms with van der Waals surface area (Å²) in [5.74, 6) is 0. The molecule has 0 saturated heterocycles. The van der Waals surface area contributed by atoms with Crippen LogP contribution in [0.4, 0.5) is 0 Å². The maximum atomic E-state index is 4.33. The van der Waals surface area contributed by atoms with Gasteiger partial charge >= 0.3 is 0 Å². The van der Waals surface area contributed by atoms with Crippen LogP contribution in [0.1, 0.15) is 0 Å². The van der Waals surface area contributed by atoms with Crippen LogP contribution in [0.25, 0.3) is 10.6 Å². The summed E-state index contributed by atoms with van der Waals surface area (Å²) in [7, 11) is 0. The van der Waals surface area contributed by atoms with E-state index in [0.29, 0.717) is 0 Å². The molecule has 0 fully saturated rings. The minimum Gasteiger partial charge on any atom is -0.229 e. The monoisotopic (exact) mass is 317 g/mol. The van der Waals surface area contributed by atoms with Crippen LogP contribution in [0.3, 0.4) is 0 Å². The van der Waals surface area contributed by atoms with E-state index in [1.165, 1.54) is 0 Å². The number of rotatable bonds is 1. The zero-order chi connectivity index (χ0) is 9.26. The van der Waals surface area contributed by atoms with Gasteiger partial charge in [0, 0.05) is 15.4 Å². The molecule has 0 saturated carbocycles. The zero-order valence-corrected chi connectivity index (χ0v) is 10.5. The molecule has 0 spiro atoms. The summed E-state index contributed by atoms with van der Waals surface area (Å²) in [6.45, 7) is 0. The van der Waals surface area contributed by atoms with Crippen LogP contribution >= 0.6 is 43.2 Å². The molecule has 2 rings (SSSR count). The first kappa shape index (κ1) is 9.37. The van der Waals surface area contributed by atoms with Gasteiger partial charge in [0.25, 0.3) is 0 Å². The molecular weight excluding hydrogens is 314 g/mol. The third-order valence-corrected chi connectivity index (χ3v) is 3.70. The Morgan fingerprint density at radius 1 is 1.08 bits per heavy atom. The van der Waals surface area contributed by atoms with Gasteiger partial charge in [-0.2, -0.15) is 0 Å². The van der Waals surface area contributed by atoms with Gasteiger partial charge in [0.2, 0.25) is 0 Å². The zero-order valence-electron chi connectivity index (χ0n) is 6.50. The quantitative estimate of drug-likeness (QED) is 0.762. The SMILES string of the molecule is Brc1ccc(-c2nc(Br)cs2)cc1. The summed E-state index contributed by atoms with van der Waals surface area (Å²) in [5, 5.41) is 3.02. The fourth-order valence-corrected chi connectivity index (χ4v) is 2.50. The molecule has 1 aromatic carbocycles. The van der Waals surface area contributed by atoms with Crippen LogP contribution in [-0.4, -0.2) is 4.98 Å². The van der Waals surface area contributed by atoms with Crippen molar-refractivity contribution < 1.29 is 0 Å². The number of thiazole rings is 1. The topological polar surface area (TPSA) is 12.9 Å². The van der Waals surface area contributed by atoms with E-state index in [1.54, 1.807) is 11.3 Å². The molecule has 0 amide bonds. The lowest BCUT2D eigenvalue weighted by atomic mass is 10.2. The lowest BCUT2D eigenvalue weighted by Crippen LogP contribution is -1.74. The van der Waals surface area contributed by atoms with Crippen molar-refractivity contribution in [2.45, 2.75) is 0 Å². The third-order valence-electron chi connectivity index (χ3n) is 1.57. The van der Waals surface area contributed by atoms with Gasteiger partial charge in [-0.25, -0.2) is 4.98 Å². The van der Waals surface area contributed by atoms with E-state index in [4.69, 9.17) is 0 Å². The van der Waals surface area contributed by atoms with Crippen molar-refractivity contribution in [2.24, 2.45) is 0 Å². The van der Waals surface area contributed by atoms with Gasteiger partial charge < -0.3 is 0 Å². The number of hydrogen-bond acceptors (Lipinski definition) is 2. The lowest BCUT2D eigenvalue weighted by Gasteiger charge is -1.94. The van der Waals surface area contributed by atoms with Crippen LogP contribution in [-0.2, 0) is 0 Å². The summed E-state index contributed by atoms with van der Waals surface area (Å²) in [6.07, 6.45) is 0. The van der Waals surface area contributed by atoms with Gasteiger partial charge in [-0.1, -0.05) is 28.1 Å². The molecule has 0 aliphatic rings. The Kier molecular flexibility index (Phi) is 2.81. The number of aromatic nitrogens is 1. The van der Waals surface area contributed by atoms with E-state index < -0.39 is 0 Å². The number of nitrogens with zero attached hydrogens (tertiary/aromatic N) is 1. The second kappa shape index (κ2) is 3.90. The van der Waals surface area contributed by atoms with E-state index >= 15 is 0 Å². The van der Waals surface area contributed by atoms with Crippen molar-refractivity contribution in [3.63, 3.8) is 0 Å². The molecule has 4 heteroatoms. The van der Waals surface area contributed by atoms with Crippen LogP contribution < -0.4 is 0 Å². The highest BCUT2D eigenvalue weighted by Gasteiger charge is 2.01. The average Bonchev–Trinajstić information content (AvgIpc) is 2.53. The Bertz CT molecular complexity index is 408. The molecular formula is C9H5Br2NS. The molecule has 66 valence electrons. The fourth-order valence-electron chi connectivity index (χ4n) is 0.979. The van der Waals surface area contributed by atoms with Crippen molar-refractivity contribution in [1.82, 2.24) is 4.98 Å². The van der Waals surface area contributed by atoms with Crippen LogP contribution in [0.5, 0.6) is 0 Å². The van der Waals surface area contributed by atoms with E-state index in [1.807, 2.05) is 17.5 Å². The van der Waals surface area contributed by atoms with Crippen LogP contribution in [0.15, 0.2) is 38.7 Å². The summed E-state index contributed by atoms with van der Waals surface area (Å²) < 4.78 is 1.99. The molecule has 1 aromatic heterocycles. The largest absolute Gasteiger partial charge is 0.229 e. The highest BCUT2D eigenvalue weighted by Crippen LogP contribution is 2.26. The second-order valence-electron chi connectivity index (χ2n) is 2.48. The number of benzene rings is 1. The predicted molar refractivity (Wildman–Crippen MR) is 63.0 cm³/mol. The molecule has 2 aromatic rings. The van der Waals surface area contributed by atoms with E-state index in [0.717, 1.165) is 19.6 Å². The van der Waals surface area contributed by atoms with Gasteiger partial charge in [-0.15, -0.1) is 11.3 Å². The molecule has 0 aliphatic carbocycles. The van der Waals surface area contributed by atoms with Gasteiger partial charge in [-0.3, -0.25) is 0 Å². The second-order valence-corrected chi connectivity index (χ2v) is 5.07. The lowest BCUT2D eigenvalue weighted by molar-refractivity contribution is 1.36. The Morgan fingerprint density at radius 3 is 2.31 bits per heavy atom. The summed E-state index contributed by atoms with van der Waals surface area (Å²) >= 11 is 8.37. The van der Waals surface area contributed by atoms with Crippen molar-refractivity contribution in [3.8, 4) is 10.6 Å². The number of halogens is 2. The van der Waals surface area contributed by atoms with Gasteiger partial charge in [0.15, 0.2) is 0 Å². The van der Waals surface area contributed by atoms with Crippen LogP contribution in [0, 0.1) is 0 Å². The maximum Gasteiger partial charge on any atom is 0.124 e. The molecule has 0 bridgehead atoms. The Balaban J connectivity index is 2.41. The van der Waals surface area contributed by atoms with E-state index in [2.05, 4.69) is 49.0 Å².